The Bertz CT molecular complexity index is 795. The zero-order chi connectivity index (χ0) is 19.0. The summed E-state index contributed by atoms with van der Waals surface area (Å²) in [7, 11) is 0. The zero-order valence-electron chi connectivity index (χ0n) is 15.0. The van der Waals surface area contributed by atoms with Crippen LogP contribution in [0.1, 0.15) is 19.6 Å². The Kier molecular flexibility index (Phi) is 5.10. The number of nitrogens with two attached hydrogens (primary N) is 1. The Morgan fingerprint density at radius 2 is 2.22 bits per heavy atom. The molecular weight excluding hydrogens is 356 g/mol. The van der Waals surface area contributed by atoms with Gasteiger partial charge in [-0.2, -0.15) is 0 Å². The van der Waals surface area contributed by atoms with Gasteiger partial charge in [-0.05, 0) is 13.3 Å². The fourth-order valence-electron chi connectivity index (χ4n) is 3.41. The summed E-state index contributed by atoms with van der Waals surface area (Å²) in [5.74, 6) is 0.661. The smallest absolute Gasteiger partial charge is 0.207 e. The lowest BCUT2D eigenvalue weighted by Crippen LogP contribution is -2.35. The van der Waals surface area contributed by atoms with Crippen LogP contribution in [-0.2, 0) is 14.2 Å². The number of fused-ring (bicyclic) bond motifs is 1. The van der Waals surface area contributed by atoms with Crippen molar-refractivity contribution in [2.24, 2.45) is 0 Å². The van der Waals surface area contributed by atoms with Crippen molar-refractivity contribution < 1.29 is 24.4 Å². The van der Waals surface area contributed by atoms with Crippen molar-refractivity contribution in [3.05, 3.63) is 6.33 Å². The van der Waals surface area contributed by atoms with Gasteiger partial charge in [-0.25, -0.2) is 15.0 Å². The lowest BCUT2D eigenvalue weighted by Gasteiger charge is -2.19. The van der Waals surface area contributed by atoms with Crippen LogP contribution >= 0.6 is 0 Å². The zero-order valence-corrected chi connectivity index (χ0v) is 15.0. The maximum absolute atomic E-state index is 10.6. The minimum atomic E-state index is -1.18. The van der Waals surface area contributed by atoms with Gasteiger partial charge in [0.1, 0.15) is 24.6 Å². The molecule has 11 nitrogen and oxygen atoms in total. The molecule has 2 aliphatic heterocycles. The number of imidazole rings is 1. The van der Waals surface area contributed by atoms with Crippen molar-refractivity contribution in [1.29, 1.82) is 0 Å². The van der Waals surface area contributed by atoms with E-state index in [1.165, 1.54) is 6.33 Å². The second-order valence-electron chi connectivity index (χ2n) is 6.63. The molecule has 148 valence electrons. The molecule has 0 amide bonds. The topological polar surface area (TPSA) is 150 Å². The van der Waals surface area contributed by atoms with E-state index in [9.17, 15) is 10.2 Å². The first-order valence-electron chi connectivity index (χ1n) is 9.03. The molecule has 11 heteroatoms. The van der Waals surface area contributed by atoms with Crippen molar-refractivity contribution in [2.45, 2.75) is 44.0 Å². The highest BCUT2D eigenvalue weighted by Gasteiger charge is 2.45. The third-order valence-corrected chi connectivity index (χ3v) is 4.82. The number of aliphatic hydroxyl groups excluding tert-OH is 2. The summed E-state index contributed by atoms with van der Waals surface area (Å²) in [5.41, 5.74) is 6.72. The summed E-state index contributed by atoms with van der Waals surface area (Å²) in [6, 6.07) is 0. The molecule has 2 aromatic rings. The van der Waals surface area contributed by atoms with Gasteiger partial charge in [0.05, 0.1) is 19.3 Å². The number of anilines is 2. The predicted molar refractivity (Wildman–Crippen MR) is 95.0 cm³/mol. The summed E-state index contributed by atoms with van der Waals surface area (Å²) < 4.78 is 18.6. The minimum Gasteiger partial charge on any atom is -0.387 e. The lowest BCUT2D eigenvalue weighted by atomic mass is 10.1. The van der Waals surface area contributed by atoms with E-state index in [1.54, 1.807) is 4.57 Å². The van der Waals surface area contributed by atoms with Gasteiger partial charge in [0, 0.05) is 13.2 Å². The third kappa shape index (κ3) is 3.32. The molecule has 2 aromatic heterocycles. The quantitative estimate of drug-likeness (QED) is 0.505. The Labute approximate surface area is 155 Å². The number of hydrogen-bond donors (Lipinski definition) is 4. The van der Waals surface area contributed by atoms with Gasteiger partial charge < -0.3 is 35.5 Å². The second-order valence-corrected chi connectivity index (χ2v) is 6.63. The second kappa shape index (κ2) is 7.52. The molecule has 0 radical (unpaired) electrons. The molecule has 0 saturated carbocycles. The first kappa shape index (κ1) is 18.3. The van der Waals surface area contributed by atoms with E-state index in [-0.39, 0.29) is 18.5 Å². The van der Waals surface area contributed by atoms with Crippen LogP contribution in [0.15, 0.2) is 6.33 Å². The minimum absolute atomic E-state index is 0.0177. The Hall–Kier alpha value is -2.05. The van der Waals surface area contributed by atoms with Crippen LogP contribution in [0.4, 0.5) is 11.8 Å². The fourth-order valence-corrected chi connectivity index (χ4v) is 3.41. The highest BCUT2D eigenvalue weighted by molar-refractivity contribution is 5.84. The molecular formula is C16H24N6O5. The third-order valence-electron chi connectivity index (χ3n) is 4.82. The summed E-state index contributed by atoms with van der Waals surface area (Å²) in [5, 5.41) is 24.2. The van der Waals surface area contributed by atoms with Crippen molar-refractivity contribution in [3.8, 4) is 0 Å². The van der Waals surface area contributed by atoms with Crippen LogP contribution in [0, 0.1) is 0 Å². The van der Waals surface area contributed by atoms with Crippen LogP contribution in [0.25, 0.3) is 11.2 Å². The van der Waals surface area contributed by atoms with Crippen molar-refractivity contribution in [1.82, 2.24) is 19.5 Å². The highest BCUT2D eigenvalue weighted by Crippen LogP contribution is 2.35. The highest BCUT2D eigenvalue weighted by atomic mass is 16.6. The summed E-state index contributed by atoms with van der Waals surface area (Å²) in [6.07, 6.45) is -1.74. The van der Waals surface area contributed by atoms with E-state index < -0.39 is 24.5 Å². The molecule has 0 aromatic carbocycles. The first-order valence-corrected chi connectivity index (χ1v) is 9.03. The summed E-state index contributed by atoms with van der Waals surface area (Å²) in [4.78, 5) is 12.6. The van der Waals surface area contributed by atoms with Gasteiger partial charge in [0.15, 0.2) is 23.2 Å². The molecule has 0 aliphatic carbocycles. The van der Waals surface area contributed by atoms with Gasteiger partial charge in [-0.3, -0.25) is 4.57 Å². The number of rotatable bonds is 6. The Morgan fingerprint density at radius 1 is 1.37 bits per heavy atom. The molecule has 27 heavy (non-hydrogen) atoms. The number of hydrogen-bond acceptors (Lipinski definition) is 10. The molecule has 2 aliphatic rings. The van der Waals surface area contributed by atoms with E-state index in [0.717, 1.165) is 6.42 Å². The van der Waals surface area contributed by atoms with Crippen LogP contribution in [0.5, 0.6) is 0 Å². The van der Waals surface area contributed by atoms with Gasteiger partial charge in [0.2, 0.25) is 5.95 Å². The van der Waals surface area contributed by atoms with Crippen LogP contribution in [-0.4, -0.2) is 80.5 Å². The SMILES string of the molecule is CCNc1nc2c(N)ncnc2n1[C@@H]1O[C@H](CO[C@@H]2CCOC2)[C@@H](O)[C@H]1O. The fraction of sp³-hybridized carbons (Fsp3) is 0.688. The predicted octanol–water partition coefficient (Wildman–Crippen LogP) is -0.735. The average Bonchev–Trinajstić information content (AvgIpc) is 3.35. The summed E-state index contributed by atoms with van der Waals surface area (Å²) >= 11 is 0. The van der Waals surface area contributed by atoms with Crippen molar-refractivity contribution >= 4 is 22.9 Å². The van der Waals surface area contributed by atoms with Crippen LogP contribution < -0.4 is 11.1 Å². The van der Waals surface area contributed by atoms with Gasteiger partial charge in [-0.1, -0.05) is 0 Å². The summed E-state index contributed by atoms with van der Waals surface area (Å²) in [6.45, 7) is 3.86. The van der Waals surface area contributed by atoms with E-state index in [2.05, 4.69) is 20.3 Å². The standard InChI is InChI=1S/C16H24N6O5/c1-2-18-16-21-10-13(17)19-7-20-14(10)22(16)15-12(24)11(23)9(27-15)6-26-8-3-4-25-5-8/h7-9,11-12,15,23-24H,2-6H2,1H3,(H,18,21)(H2,17,19,20)/t8-,9-,11-,12-,15-/m1/s1. The number of aliphatic hydroxyl groups is 2. The number of aromatic nitrogens is 4. The van der Waals surface area contributed by atoms with Crippen molar-refractivity contribution in [2.75, 3.05) is 37.4 Å². The van der Waals surface area contributed by atoms with Gasteiger partial charge in [-0.15, -0.1) is 0 Å². The number of ether oxygens (including phenoxy) is 3. The molecule has 0 bridgehead atoms. The number of nitrogen functional groups attached to an aromatic ring is 1. The van der Waals surface area contributed by atoms with Gasteiger partial charge in [0.25, 0.3) is 0 Å². The lowest BCUT2D eigenvalue weighted by molar-refractivity contribution is -0.0804. The number of nitrogens with zero attached hydrogens (tertiary/aromatic N) is 4. The van der Waals surface area contributed by atoms with E-state index in [0.29, 0.717) is 36.9 Å². The molecule has 4 rings (SSSR count). The Balaban J connectivity index is 1.60. The van der Waals surface area contributed by atoms with E-state index in [1.807, 2.05) is 6.92 Å². The monoisotopic (exact) mass is 380 g/mol. The molecule has 0 spiro atoms. The van der Waals surface area contributed by atoms with Crippen LogP contribution in [0.2, 0.25) is 0 Å². The first-order chi connectivity index (χ1) is 13.1. The molecule has 2 saturated heterocycles. The molecule has 2 fully saturated rings. The molecule has 5 atom stereocenters. The van der Waals surface area contributed by atoms with Crippen LogP contribution in [0.3, 0.4) is 0 Å². The maximum Gasteiger partial charge on any atom is 0.207 e. The normalized spacial score (nSPS) is 31.0. The van der Waals surface area contributed by atoms with E-state index >= 15 is 0 Å². The van der Waals surface area contributed by atoms with Crippen molar-refractivity contribution in [3.63, 3.8) is 0 Å². The maximum atomic E-state index is 10.6. The molecule has 0 unspecified atom stereocenters. The van der Waals surface area contributed by atoms with Gasteiger partial charge >= 0.3 is 0 Å². The number of nitrogens with one attached hydrogen (secondary N) is 1. The molecule has 5 N–H and O–H groups in total. The molecule has 4 heterocycles. The Morgan fingerprint density at radius 3 is 2.96 bits per heavy atom. The largest absolute Gasteiger partial charge is 0.387 e. The van der Waals surface area contributed by atoms with E-state index in [4.69, 9.17) is 19.9 Å². The average molecular weight is 380 g/mol.